The molecule has 2 nitrogen and oxygen atoms in total. The second-order valence-electron chi connectivity index (χ2n) is 3.88. The molecule has 18 heavy (non-hydrogen) atoms. The van der Waals surface area contributed by atoms with Crippen molar-refractivity contribution in [2.24, 2.45) is 0 Å². The van der Waals surface area contributed by atoms with Gasteiger partial charge in [0.15, 0.2) is 0 Å². The SMILES string of the molecule is CCSCC(C)NCc1ccc(CSC(F)F)o1. The van der Waals surface area contributed by atoms with Crippen molar-refractivity contribution in [3.63, 3.8) is 0 Å². The van der Waals surface area contributed by atoms with E-state index < -0.39 is 5.76 Å². The Hall–Kier alpha value is -0.200. The lowest BCUT2D eigenvalue weighted by atomic mass is 10.3. The van der Waals surface area contributed by atoms with Crippen molar-refractivity contribution in [3.05, 3.63) is 23.7 Å². The van der Waals surface area contributed by atoms with Gasteiger partial charge in [-0.05, 0) is 24.8 Å². The molecule has 0 bridgehead atoms. The van der Waals surface area contributed by atoms with Gasteiger partial charge in [0.25, 0.3) is 5.76 Å². The molecule has 6 heteroatoms. The van der Waals surface area contributed by atoms with Crippen LogP contribution >= 0.6 is 23.5 Å². The molecule has 0 saturated heterocycles. The topological polar surface area (TPSA) is 25.2 Å². The Kier molecular flexibility index (Phi) is 7.77. The Morgan fingerprint density at radius 3 is 2.72 bits per heavy atom. The predicted octanol–water partition coefficient (Wildman–Crippen LogP) is 3.97. The molecule has 0 aliphatic carbocycles. The summed E-state index contributed by atoms with van der Waals surface area (Å²) in [6, 6.07) is 4.02. The molecule has 0 fully saturated rings. The molecule has 0 spiro atoms. The quantitative estimate of drug-likeness (QED) is 0.745. The van der Waals surface area contributed by atoms with Gasteiger partial charge in [-0.1, -0.05) is 18.7 Å². The molecule has 0 aliphatic rings. The first kappa shape index (κ1) is 15.9. The van der Waals surface area contributed by atoms with E-state index >= 15 is 0 Å². The first-order chi connectivity index (χ1) is 8.61. The number of hydrogen-bond acceptors (Lipinski definition) is 4. The van der Waals surface area contributed by atoms with Crippen molar-refractivity contribution < 1.29 is 13.2 Å². The smallest absolute Gasteiger partial charge is 0.284 e. The van der Waals surface area contributed by atoms with Crippen molar-refractivity contribution in [2.45, 2.75) is 37.9 Å². The van der Waals surface area contributed by atoms with Gasteiger partial charge in [-0.2, -0.15) is 20.5 Å². The van der Waals surface area contributed by atoms with E-state index in [4.69, 9.17) is 4.42 Å². The zero-order valence-electron chi connectivity index (χ0n) is 10.6. The summed E-state index contributed by atoms with van der Waals surface area (Å²) in [5.41, 5.74) is 0. The van der Waals surface area contributed by atoms with Crippen molar-refractivity contribution in [1.82, 2.24) is 5.32 Å². The number of rotatable bonds is 9. The molecule has 0 radical (unpaired) electrons. The number of nitrogens with one attached hydrogen (secondary N) is 1. The maximum absolute atomic E-state index is 12.0. The first-order valence-corrected chi connectivity index (χ1v) is 8.10. The van der Waals surface area contributed by atoms with Crippen LogP contribution in [0, 0.1) is 0 Å². The average Bonchev–Trinajstić information content (AvgIpc) is 2.79. The summed E-state index contributed by atoms with van der Waals surface area (Å²) in [7, 11) is 0. The molecule has 1 rings (SSSR count). The Balaban J connectivity index is 2.26. The molecular weight excluding hydrogens is 276 g/mol. The maximum Gasteiger partial charge on any atom is 0.284 e. The normalized spacial score (nSPS) is 13.2. The molecule has 1 unspecified atom stereocenters. The van der Waals surface area contributed by atoms with Gasteiger partial charge in [0.1, 0.15) is 11.5 Å². The van der Waals surface area contributed by atoms with Gasteiger partial charge in [-0.3, -0.25) is 0 Å². The minimum Gasteiger partial charge on any atom is -0.464 e. The average molecular weight is 295 g/mol. The summed E-state index contributed by atoms with van der Waals surface area (Å²) < 4.78 is 29.5. The van der Waals surface area contributed by atoms with Crippen LogP contribution in [0.4, 0.5) is 8.78 Å². The van der Waals surface area contributed by atoms with Gasteiger partial charge in [-0.15, -0.1) is 0 Å². The Morgan fingerprint density at radius 2 is 2.06 bits per heavy atom. The first-order valence-electron chi connectivity index (χ1n) is 5.90. The number of alkyl halides is 2. The van der Waals surface area contributed by atoms with Crippen molar-refractivity contribution in [2.75, 3.05) is 11.5 Å². The molecule has 1 aromatic heterocycles. The highest BCUT2D eigenvalue weighted by Gasteiger charge is 2.08. The lowest BCUT2D eigenvalue weighted by Gasteiger charge is -2.11. The van der Waals surface area contributed by atoms with Crippen molar-refractivity contribution in [3.8, 4) is 0 Å². The Bertz CT molecular complexity index is 334. The fourth-order valence-electron chi connectivity index (χ4n) is 1.37. The summed E-state index contributed by atoms with van der Waals surface area (Å²) in [6.45, 7) is 4.90. The van der Waals surface area contributed by atoms with Crippen molar-refractivity contribution in [1.29, 1.82) is 0 Å². The van der Waals surface area contributed by atoms with Gasteiger partial charge in [0, 0.05) is 11.8 Å². The number of hydrogen-bond donors (Lipinski definition) is 1. The van der Waals surface area contributed by atoms with E-state index in [-0.39, 0.29) is 5.75 Å². The standard InChI is InChI=1S/C12H19F2NOS2/c1-3-17-7-9(2)15-6-10-4-5-11(16-10)8-18-12(13)14/h4-5,9,12,15H,3,6-8H2,1-2H3. The summed E-state index contributed by atoms with van der Waals surface area (Å²) in [4.78, 5) is 0. The van der Waals surface area contributed by atoms with Gasteiger partial charge in [-0.25, -0.2) is 0 Å². The molecule has 0 aliphatic heterocycles. The fourth-order valence-corrected chi connectivity index (χ4v) is 2.52. The third-order valence-corrected chi connectivity index (χ3v) is 4.11. The van der Waals surface area contributed by atoms with E-state index in [0.717, 1.165) is 17.3 Å². The lowest BCUT2D eigenvalue weighted by molar-refractivity contribution is 0.251. The molecule has 0 saturated carbocycles. The van der Waals surface area contributed by atoms with Crippen molar-refractivity contribution >= 4 is 23.5 Å². The van der Waals surface area contributed by atoms with E-state index in [0.29, 0.717) is 30.1 Å². The Morgan fingerprint density at radius 1 is 1.33 bits per heavy atom. The largest absolute Gasteiger partial charge is 0.464 e. The third kappa shape index (κ3) is 6.66. The predicted molar refractivity (Wildman–Crippen MR) is 75.3 cm³/mol. The number of furan rings is 1. The molecule has 0 aromatic carbocycles. The van der Waals surface area contributed by atoms with Gasteiger partial charge < -0.3 is 9.73 Å². The third-order valence-electron chi connectivity index (χ3n) is 2.27. The zero-order chi connectivity index (χ0) is 13.4. The summed E-state index contributed by atoms with van der Waals surface area (Å²) in [6.07, 6.45) is 0. The highest BCUT2D eigenvalue weighted by Crippen LogP contribution is 2.21. The highest BCUT2D eigenvalue weighted by atomic mass is 32.2. The minimum atomic E-state index is -2.34. The molecule has 0 amide bonds. The van der Waals surface area contributed by atoms with Crippen LogP contribution in [0.2, 0.25) is 0 Å². The molecule has 1 heterocycles. The molecule has 1 aromatic rings. The van der Waals surface area contributed by atoms with Crippen LogP contribution in [-0.2, 0) is 12.3 Å². The summed E-state index contributed by atoms with van der Waals surface area (Å²) in [5, 5.41) is 3.34. The van der Waals surface area contributed by atoms with Crippen LogP contribution in [0.15, 0.2) is 16.5 Å². The number of halogens is 2. The number of thioether (sulfide) groups is 2. The summed E-state index contributed by atoms with van der Waals surface area (Å²) in [5.74, 6) is 1.45. The van der Waals surface area contributed by atoms with Crippen LogP contribution in [0.3, 0.4) is 0 Å². The molecular formula is C12H19F2NOS2. The van der Waals surface area contributed by atoms with E-state index in [1.165, 1.54) is 0 Å². The van der Waals surface area contributed by atoms with Gasteiger partial charge >= 0.3 is 0 Å². The lowest BCUT2D eigenvalue weighted by Crippen LogP contribution is -2.27. The Labute approximate surface area is 115 Å². The van der Waals surface area contributed by atoms with Crippen LogP contribution in [0.1, 0.15) is 25.4 Å². The van der Waals surface area contributed by atoms with Gasteiger partial charge in [0.2, 0.25) is 0 Å². The minimum absolute atomic E-state index is 0.221. The maximum atomic E-state index is 12.0. The van der Waals surface area contributed by atoms with E-state index in [9.17, 15) is 8.78 Å². The second kappa shape index (κ2) is 8.82. The van der Waals surface area contributed by atoms with Crippen LogP contribution < -0.4 is 5.32 Å². The van der Waals surface area contributed by atoms with Crippen LogP contribution in [0.25, 0.3) is 0 Å². The zero-order valence-corrected chi connectivity index (χ0v) is 12.3. The monoisotopic (exact) mass is 295 g/mol. The molecule has 1 atom stereocenters. The van der Waals surface area contributed by atoms with Crippen LogP contribution in [0.5, 0.6) is 0 Å². The molecule has 104 valence electrons. The molecule has 1 N–H and O–H groups in total. The van der Waals surface area contributed by atoms with E-state index in [1.54, 1.807) is 6.07 Å². The van der Waals surface area contributed by atoms with Gasteiger partial charge in [0.05, 0.1) is 12.3 Å². The highest BCUT2D eigenvalue weighted by molar-refractivity contribution is 7.99. The fraction of sp³-hybridized carbons (Fsp3) is 0.667. The second-order valence-corrected chi connectivity index (χ2v) is 6.18. The van der Waals surface area contributed by atoms with E-state index in [1.807, 2.05) is 17.8 Å². The summed E-state index contributed by atoms with van der Waals surface area (Å²) >= 11 is 2.47. The van der Waals surface area contributed by atoms with Crippen LogP contribution in [-0.4, -0.2) is 23.3 Å². The van der Waals surface area contributed by atoms with E-state index in [2.05, 4.69) is 19.2 Å².